The number of hydrogen-bond acceptors (Lipinski definition) is 2. The number of carbonyl (C=O) groups excluding carboxylic acids is 1. The average molecular weight is 311 g/mol. The first-order valence-electron chi connectivity index (χ1n) is 6.46. The summed E-state index contributed by atoms with van der Waals surface area (Å²) in [5.41, 5.74) is 1.05. The van der Waals surface area contributed by atoms with Gasteiger partial charge in [-0.15, -0.1) is 0 Å². The number of nitrogens with one attached hydrogen (secondary N) is 2. The van der Waals surface area contributed by atoms with Crippen LogP contribution in [-0.2, 0) is 11.2 Å². The van der Waals surface area contributed by atoms with Gasteiger partial charge in [-0.3, -0.25) is 4.79 Å². The minimum Gasteiger partial charge on any atom is -0.355 e. The van der Waals surface area contributed by atoms with E-state index in [1.807, 2.05) is 24.3 Å². The van der Waals surface area contributed by atoms with E-state index >= 15 is 0 Å². The van der Waals surface area contributed by atoms with Crippen LogP contribution in [0.3, 0.4) is 0 Å². The zero-order valence-corrected chi connectivity index (χ0v) is 12.0. The predicted octanol–water partition coefficient (Wildman–Crippen LogP) is 2.11. The molecule has 4 heteroatoms. The summed E-state index contributed by atoms with van der Waals surface area (Å²) in [4.78, 5) is 11.8. The number of halogens is 1. The third kappa shape index (κ3) is 4.42. The topological polar surface area (TPSA) is 41.1 Å². The minimum atomic E-state index is 0.110. The Balaban J connectivity index is 1.74. The lowest BCUT2D eigenvalue weighted by Crippen LogP contribution is -2.38. The molecule has 2 N–H and O–H groups in total. The van der Waals surface area contributed by atoms with Gasteiger partial charge >= 0.3 is 0 Å². The second kappa shape index (κ2) is 6.90. The van der Waals surface area contributed by atoms with Gasteiger partial charge in [0.1, 0.15) is 0 Å². The van der Waals surface area contributed by atoms with Gasteiger partial charge in [0, 0.05) is 11.0 Å². The maximum atomic E-state index is 11.8. The smallest absolute Gasteiger partial charge is 0.224 e. The summed E-state index contributed by atoms with van der Waals surface area (Å²) in [6.45, 7) is 2.93. The first kappa shape index (κ1) is 13.6. The van der Waals surface area contributed by atoms with Crippen molar-refractivity contribution in [3.8, 4) is 0 Å². The van der Waals surface area contributed by atoms with E-state index in [2.05, 4.69) is 26.6 Å². The largest absolute Gasteiger partial charge is 0.355 e. The third-order valence-corrected chi connectivity index (χ3v) is 3.73. The molecule has 98 valence electrons. The Bertz CT molecular complexity index is 403. The maximum absolute atomic E-state index is 11.8. The SMILES string of the molecule is O=C(Cc1cccc(Br)c1)NC[C@@H]1CCCNC1. The molecule has 0 spiro atoms. The molecule has 0 aromatic heterocycles. The summed E-state index contributed by atoms with van der Waals surface area (Å²) in [6.07, 6.45) is 2.88. The molecule has 1 aromatic rings. The van der Waals surface area contributed by atoms with Crippen LogP contribution in [0.1, 0.15) is 18.4 Å². The van der Waals surface area contributed by atoms with Crippen LogP contribution in [0.4, 0.5) is 0 Å². The first-order chi connectivity index (χ1) is 8.74. The molecule has 0 saturated carbocycles. The van der Waals surface area contributed by atoms with Gasteiger partial charge in [-0.1, -0.05) is 28.1 Å². The zero-order valence-electron chi connectivity index (χ0n) is 10.4. The van der Waals surface area contributed by atoms with Crippen LogP contribution in [-0.4, -0.2) is 25.5 Å². The van der Waals surface area contributed by atoms with E-state index in [0.29, 0.717) is 12.3 Å². The fourth-order valence-electron chi connectivity index (χ4n) is 2.25. The van der Waals surface area contributed by atoms with Crippen molar-refractivity contribution in [2.45, 2.75) is 19.3 Å². The van der Waals surface area contributed by atoms with Crippen molar-refractivity contribution in [2.75, 3.05) is 19.6 Å². The summed E-state index contributed by atoms with van der Waals surface area (Å²) in [7, 11) is 0. The third-order valence-electron chi connectivity index (χ3n) is 3.24. The normalized spacial score (nSPS) is 19.5. The number of amides is 1. The summed E-state index contributed by atoms with van der Waals surface area (Å²) in [5.74, 6) is 0.698. The average Bonchev–Trinajstić information content (AvgIpc) is 2.38. The lowest BCUT2D eigenvalue weighted by Gasteiger charge is -2.22. The van der Waals surface area contributed by atoms with Crippen molar-refractivity contribution in [1.82, 2.24) is 10.6 Å². The fourth-order valence-corrected chi connectivity index (χ4v) is 2.70. The molecule has 2 rings (SSSR count). The monoisotopic (exact) mass is 310 g/mol. The highest BCUT2D eigenvalue weighted by atomic mass is 79.9. The molecule has 3 nitrogen and oxygen atoms in total. The highest BCUT2D eigenvalue weighted by Crippen LogP contribution is 2.12. The quantitative estimate of drug-likeness (QED) is 0.894. The van der Waals surface area contributed by atoms with Crippen LogP contribution < -0.4 is 10.6 Å². The Kier molecular flexibility index (Phi) is 5.20. The molecule has 18 heavy (non-hydrogen) atoms. The van der Waals surface area contributed by atoms with Crippen LogP contribution in [0.5, 0.6) is 0 Å². The van der Waals surface area contributed by atoms with Crippen molar-refractivity contribution in [2.24, 2.45) is 5.92 Å². The predicted molar refractivity (Wildman–Crippen MR) is 76.4 cm³/mol. The van der Waals surface area contributed by atoms with E-state index in [1.165, 1.54) is 12.8 Å². The fraction of sp³-hybridized carbons (Fsp3) is 0.500. The summed E-state index contributed by atoms with van der Waals surface area (Å²) < 4.78 is 1.02. The van der Waals surface area contributed by atoms with Crippen LogP contribution in [0.15, 0.2) is 28.7 Å². The van der Waals surface area contributed by atoms with E-state index in [4.69, 9.17) is 0 Å². The molecule has 0 bridgehead atoms. The summed E-state index contributed by atoms with van der Waals surface area (Å²) >= 11 is 3.41. The number of benzene rings is 1. The lowest BCUT2D eigenvalue weighted by atomic mass is 10.00. The van der Waals surface area contributed by atoms with Crippen molar-refractivity contribution < 1.29 is 4.79 Å². The van der Waals surface area contributed by atoms with Gasteiger partial charge < -0.3 is 10.6 Å². The molecule has 1 aliphatic heterocycles. The van der Waals surface area contributed by atoms with Crippen molar-refractivity contribution in [3.05, 3.63) is 34.3 Å². The first-order valence-corrected chi connectivity index (χ1v) is 7.25. The summed E-state index contributed by atoms with van der Waals surface area (Å²) in [5, 5.41) is 6.38. The molecule has 1 aliphatic rings. The number of rotatable bonds is 4. The standard InChI is InChI=1S/C14H19BrN2O/c15-13-5-1-3-11(7-13)8-14(18)17-10-12-4-2-6-16-9-12/h1,3,5,7,12,16H,2,4,6,8-10H2,(H,17,18)/t12-/m1/s1. The second-order valence-electron chi connectivity index (χ2n) is 4.82. The molecular weight excluding hydrogens is 292 g/mol. The van der Waals surface area contributed by atoms with Crippen LogP contribution in [0.25, 0.3) is 0 Å². The summed E-state index contributed by atoms with van der Waals surface area (Å²) in [6, 6.07) is 7.89. The lowest BCUT2D eigenvalue weighted by molar-refractivity contribution is -0.120. The zero-order chi connectivity index (χ0) is 12.8. The van der Waals surface area contributed by atoms with E-state index in [-0.39, 0.29) is 5.91 Å². The Hall–Kier alpha value is -0.870. The molecular formula is C14H19BrN2O. The molecule has 1 fully saturated rings. The van der Waals surface area contributed by atoms with Gasteiger partial charge in [0.15, 0.2) is 0 Å². The Labute approximate surface area is 116 Å². The van der Waals surface area contributed by atoms with E-state index in [0.717, 1.165) is 29.7 Å². The van der Waals surface area contributed by atoms with E-state index in [1.54, 1.807) is 0 Å². The molecule has 1 aromatic carbocycles. The molecule has 1 atom stereocenters. The highest BCUT2D eigenvalue weighted by molar-refractivity contribution is 9.10. The highest BCUT2D eigenvalue weighted by Gasteiger charge is 2.13. The Morgan fingerprint density at radius 3 is 3.11 bits per heavy atom. The minimum absolute atomic E-state index is 0.110. The molecule has 0 radical (unpaired) electrons. The second-order valence-corrected chi connectivity index (χ2v) is 5.74. The van der Waals surface area contributed by atoms with Crippen LogP contribution >= 0.6 is 15.9 Å². The Morgan fingerprint density at radius 2 is 2.39 bits per heavy atom. The number of hydrogen-bond donors (Lipinski definition) is 2. The number of piperidine rings is 1. The van der Waals surface area contributed by atoms with Gasteiger partial charge in [-0.05, 0) is 49.5 Å². The van der Waals surface area contributed by atoms with E-state index < -0.39 is 0 Å². The van der Waals surface area contributed by atoms with Crippen molar-refractivity contribution in [3.63, 3.8) is 0 Å². The van der Waals surface area contributed by atoms with Crippen molar-refractivity contribution >= 4 is 21.8 Å². The molecule has 0 aliphatic carbocycles. The van der Waals surface area contributed by atoms with E-state index in [9.17, 15) is 4.79 Å². The molecule has 0 unspecified atom stereocenters. The van der Waals surface area contributed by atoms with Crippen LogP contribution in [0, 0.1) is 5.92 Å². The molecule has 1 amide bonds. The molecule has 1 saturated heterocycles. The van der Waals surface area contributed by atoms with Crippen LogP contribution in [0.2, 0.25) is 0 Å². The van der Waals surface area contributed by atoms with Crippen molar-refractivity contribution in [1.29, 1.82) is 0 Å². The Morgan fingerprint density at radius 1 is 1.50 bits per heavy atom. The number of carbonyl (C=O) groups is 1. The van der Waals surface area contributed by atoms with Gasteiger partial charge in [0.25, 0.3) is 0 Å². The molecule has 1 heterocycles. The maximum Gasteiger partial charge on any atom is 0.224 e. The van der Waals surface area contributed by atoms with Gasteiger partial charge in [-0.25, -0.2) is 0 Å². The van der Waals surface area contributed by atoms with Gasteiger partial charge in [0.05, 0.1) is 6.42 Å². The van der Waals surface area contributed by atoms with Gasteiger partial charge in [-0.2, -0.15) is 0 Å². The van der Waals surface area contributed by atoms with Gasteiger partial charge in [0.2, 0.25) is 5.91 Å².